The van der Waals surface area contributed by atoms with Crippen molar-refractivity contribution in [2.75, 3.05) is 37.3 Å². The molecule has 1 aromatic rings. The molecule has 0 aliphatic heterocycles. The molecule has 0 radical (unpaired) electrons. The third-order valence-electron chi connectivity index (χ3n) is 2.59. The van der Waals surface area contributed by atoms with E-state index in [4.69, 9.17) is 10.8 Å². The Hall–Kier alpha value is -1.11. The number of benzene rings is 1. The van der Waals surface area contributed by atoms with Crippen LogP contribution in [-0.4, -0.2) is 42.2 Å². The summed E-state index contributed by atoms with van der Waals surface area (Å²) in [6, 6.07) is 5.23. The van der Waals surface area contributed by atoms with Gasteiger partial charge >= 0.3 is 0 Å². The van der Waals surface area contributed by atoms with Crippen molar-refractivity contribution in [3.63, 3.8) is 0 Å². The minimum Gasteiger partial charge on any atom is -0.399 e. The minimum absolute atomic E-state index is 0.0544. The molecule has 1 amide bonds. The van der Waals surface area contributed by atoms with Crippen LogP contribution in [0.3, 0.4) is 0 Å². The lowest BCUT2D eigenvalue weighted by molar-refractivity contribution is -0.117. The number of hydrogen-bond acceptors (Lipinski definition) is 4. The standard InChI is InChI=1S/C13H20BrN3O2/c1-2-5-17(6-7-18)9-13(19)16-12-4-3-10(15)8-11(12)14/h3-4,8,18H,2,5-7,9,15H2,1H3,(H,16,19). The number of anilines is 2. The number of carbonyl (C=O) groups is 1. The zero-order chi connectivity index (χ0) is 14.3. The van der Waals surface area contributed by atoms with Gasteiger partial charge in [-0.2, -0.15) is 0 Å². The summed E-state index contributed by atoms with van der Waals surface area (Å²) in [6.45, 7) is 3.66. The highest BCUT2D eigenvalue weighted by atomic mass is 79.9. The van der Waals surface area contributed by atoms with Crippen molar-refractivity contribution in [3.05, 3.63) is 22.7 Å². The summed E-state index contributed by atoms with van der Waals surface area (Å²) >= 11 is 3.35. The number of nitrogens with zero attached hydrogens (tertiary/aromatic N) is 1. The maximum absolute atomic E-state index is 11.9. The number of halogens is 1. The summed E-state index contributed by atoms with van der Waals surface area (Å²) in [4.78, 5) is 13.8. The molecule has 4 N–H and O–H groups in total. The van der Waals surface area contributed by atoms with E-state index < -0.39 is 0 Å². The van der Waals surface area contributed by atoms with Crippen LogP contribution in [0.4, 0.5) is 11.4 Å². The largest absolute Gasteiger partial charge is 0.399 e. The number of rotatable bonds is 7. The molecule has 1 aromatic carbocycles. The molecular formula is C13H20BrN3O2. The molecule has 0 saturated heterocycles. The molecule has 0 unspecified atom stereocenters. The third kappa shape index (κ3) is 5.59. The van der Waals surface area contributed by atoms with Gasteiger partial charge in [0.2, 0.25) is 5.91 Å². The van der Waals surface area contributed by atoms with Gasteiger partial charge in [-0.05, 0) is 47.1 Å². The summed E-state index contributed by atoms with van der Waals surface area (Å²) in [7, 11) is 0. The first-order valence-corrected chi connectivity index (χ1v) is 7.04. The van der Waals surface area contributed by atoms with Crippen molar-refractivity contribution in [1.82, 2.24) is 4.90 Å². The Morgan fingerprint density at radius 2 is 2.21 bits per heavy atom. The van der Waals surface area contributed by atoms with Crippen LogP contribution in [0.5, 0.6) is 0 Å². The molecule has 0 heterocycles. The zero-order valence-corrected chi connectivity index (χ0v) is 12.6. The van der Waals surface area contributed by atoms with Crippen LogP contribution in [0.25, 0.3) is 0 Å². The summed E-state index contributed by atoms with van der Waals surface area (Å²) in [5.41, 5.74) is 6.97. The fourth-order valence-corrected chi connectivity index (χ4v) is 2.25. The Bertz CT molecular complexity index is 420. The van der Waals surface area contributed by atoms with E-state index in [1.165, 1.54) is 0 Å². The lowest BCUT2D eigenvalue weighted by Crippen LogP contribution is -2.35. The summed E-state index contributed by atoms with van der Waals surface area (Å²) in [5, 5.41) is 11.8. The van der Waals surface area contributed by atoms with Crippen molar-refractivity contribution < 1.29 is 9.90 Å². The van der Waals surface area contributed by atoms with Crippen LogP contribution in [-0.2, 0) is 4.79 Å². The fourth-order valence-electron chi connectivity index (χ4n) is 1.75. The van der Waals surface area contributed by atoms with Crippen LogP contribution >= 0.6 is 15.9 Å². The topological polar surface area (TPSA) is 78.6 Å². The molecule has 5 nitrogen and oxygen atoms in total. The molecule has 0 aromatic heterocycles. The molecule has 0 aliphatic rings. The molecule has 6 heteroatoms. The number of nitrogen functional groups attached to an aromatic ring is 1. The average Bonchev–Trinajstić information content (AvgIpc) is 2.33. The molecule has 0 bridgehead atoms. The first kappa shape index (κ1) is 15.9. The Kier molecular flexibility index (Phi) is 6.83. The molecule has 106 valence electrons. The lowest BCUT2D eigenvalue weighted by Gasteiger charge is -2.20. The number of aliphatic hydroxyl groups excluding tert-OH is 1. The van der Waals surface area contributed by atoms with E-state index in [1.807, 2.05) is 11.8 Å². The molecule has 0 atom stereocenters. The van der Waals surface area contributed by atoms with Gasteiger partial charge in [0.25, 0.3) is 0 Å². The number of hydrogen-bond donors (Lipinski definition) is 3. The van der Waals surface area contributed by atoms with Crippen LogP contribution in [0.1, 0.15) is 13.3 Å². The van der Waals surface area contributed by atoms with Gasteiger partial charge in [0.1, 0.15) is 0 Å². The Balaban J connectivity index is 2.58. The van der Waals surface area contributed by atoms with Gasteiger partial charge in [-0.25, -0.2) is 0 Å². The van der Waals surface area contributed by atoms with E-state index in [2.05, 4.69) is 21.2 Å². The highest BCUT2D eigenvalue weighted by molar-refractivity contribution is 9.10. The van der Waals surface area contributed by atoms with Crippen LogP contribution in [0, 0.1) is 0 Å². The maximum atomic E-state index is 11.9. The monoisotopic (exact) mass is 329 g/mol. The van der Waals surface area contributed by atoms with E-state index in [1.54, 1.807) is 18.2 Å². The number of aliphatic hydroxyl groups is 1. The number of carbonyl (C=O) groups excluding carboxylic acids is 1. The zero-order valence-electron chi connectivity index (χ0n) is 11.0. The van der Waals surface area contributed by atoms with Crippen LogP contribution in [0.2, 0.25) is 0 Å². The molecule has 0 aliphatic carbocycles. The van der Waals surface area contributed by atoms with Crippen molar-refractivity contribution in [1.29, 1.82) is 0 Å². The highest BCUT2D eigenvalue weighted by Gasteiger charge is 2.11. The molecule has 0 spiro atoms. The molecule has 1 rings (SSSR count). The van der Waals surface area contributed by atoms with E-state index >= 15 is 0 Å². The predicted molar refractivity (Wildman–Crippen MR) is 81.0 cm³/mol. The average molecular weight is 330 g/mol. The molecule has 19 heavy (non-hydrogen) atoms. The Morgan fingerprint density at radius 1 is 1.47 bits per heavy atom. The summed E-state index contributed by atoms with van der Waals surface area (Å²) in [6.07, 6.45) is 0.943. The number of nitrogens with two attached hydrogens (primary N) is 1. The molecule has 0 saturated carbocycles. The van der Waals surface area contributed by atoms with Gasteiger partial charge in [0.15, 0.2) is 0 Å². The SMILES string of the molecule is CCCN(CCO)CC(=O)Nc1ccc(N)cc1Br. The normalized spacial score (nSPS) is 10.7. The second-order valence-electron chi connectivity index (χ2n) is 4.29. The van der Waals surface area contributed by atoms with Gasteiger partial charge in [-0.3, -0.25) is 9.69 Å². The van der Waals surface area contributed by atoms with Gasteiger partial charge < -0.3 is 16.2 Å². The van der Waals surface area contributed by atoms with Crippen LogP contribution < -0.4 is 11.1 Å². The lowest BCUT2D eigenvalue weighted by atomic mass is 10.3. The fraction of sp³-hybridized carbons (Fsp3) is 0.462. The smallest absolute Gasteiger partial charge is 0.238 e. The number of nitrogens with one attached hydrogen (secondary N) is 1. The minimum atomic E-state index is -0.104. The third-order valence-corrected chi connectivity index (χ3v) is 3.25. The molecular weight excluding hydrogens is 310 g/mol. The van der Waals surface area contributed by atoms with E-state index in [0.717, 1.165) is 17.4 Å². The van der Waals surface area contributed by atoms with Crippen molar-refractivity contribution in [2.45, 2.75) is 13.3 Å². The molecule has 0 fully saturated rings. The Labute approximate surface area is 121 Å². The van der Waals surface area contributed by atoms with Crippen molar-refractivity contribution >= 4 is 33.2 Å². The number of amides is 1. The second-order valence-corrected chi connectivity index (χ2v) is 5.14. The first-order valence-electron chi connectivity index (χ1n) is 6.25. The summed E-state index contributed by atoms with van der Waals surface area (Å²) in [5.74, 6) is -0.104. The summed E-state index contributed by atoms with van der Waals surface area (Å²) < 4.78 is 0.755. The van der Waals surface area contributed by atoms with E-state index in [0.29, 0.717) is 17.9 Å². The van der Waals surface area contributed by atoms with Gasteiger partial charge in [0.05, 0.1) is 18.8 Å². The van der Waals surface area contributed by atoms with E-state index in [9.17, 15) is 4.79 Å². The van der Waals surface area contributed by atoms with Gasteiger partial charge in [0, 0.05) is 16.7 Å². The predicted octanol–water partition coefficient (Wildman–Crippen LogP) is 1.67. The quantitative estimate of drug-likeness (QED) is 0.665. The van der Waals surface area contributed by atoms with Crippen molar-refractivity contribution in [3.8, 4) is 0 Å². The van der Waals surface area contributed by atoms with Gasteiger partial charge in [-0.15, -0.1) is 0 Å². The van der Waals surface area contributed by atoms with Crippen LogP contribution in [0.15, 0.2) is 22.7 Å². The second kappa shape index (κ2) is 8.14. The van der Waals surface area contributed by atoms with Gasteiger partial charge in [-0.1, -0.05) is 6.92 Å². The van der Waals surface area contributed by atoms with Crippen molar-refractivity contribution in [2.24, 2.45) is 0 Å². The van der Waals surface area contributed by atoms with E-state index in [-0.39, 0.29) is 19.1 Å². The first-order chi connectivity index (χ1) is 9.06. The maximum Gasteiger partial charge on any atom is 0.238 e. The Morgan fingerprint density at radius 3 is 2.79 bits per heavy atom. The highest BCUT2D eigenvalue weighted by Crippen LogP contribution is 2.24.